The highest BCUT2D eigenvalue weighted by molar-refractivity contribution is 5.93. The molecule has 30 heavy (non-hydrogen) atoms. The van der Waals surface area contributed by atoms with E-state index in [4.69, 9.17) is 9.47 Å². The summed E-state index contributed by atoms with van der Waals surface area (Å²) in [6, 6.07) is 18.5. The van der Waals surface area contributed by atoms with E-state index in [2.05, 4.69) is 0 Å². The summed E-state index contributed by atoms with van der Waals surface area (Å²) in [6.45, 7) is 0.0250. The average molecular weight is 405 g/mol. The standard InChI is InChI=1S/C24H23NO5/c1-29-23(28)24(15-17-8-4-2-5-9-17)13-12-21(26)25-19(18-10-6-3-7-11-18)16-30-22(27)14-20(24)25/h2-11,14,19H,12-13,15-16H2,1H3/t19-,24-/m0/s1. The lowest BCUT2D eigenvalue weighted by Gasteiger charge is -2.45. The van der Waals surface area contributed by atoms with Gasteiger partial charge in [-0.2, -0.15) is 0 Å². The first kappa shape index (κ1) is 19.9. The Kier molecular flexibility index (Phi) is 5.40. The summed E-state index contributed by atoms with van der Waals surface area (Å²) in [5.41, 5.74) is 0.963. The van der Waals surface area contributed by atoms with Crippen LogP contribution < -0.4 is 0 Å². The minimum Gasteiger partial charge on any atom is -0.468 e. The van der Waals surface area contributed by atoms with Crippen LogP contribution in [-0.2, 0) is 30.3 Å². The molecule has 6 nitrogen and oxygen atoms in total. The molecule has 2 heterocycles. The van der Waals surface area contributed by atoms with Gasteiger partial charge in [-0.1, -0.05) is 60.7 Å². The molecule has 0 radical (unpaired) electrons. The van der Waals surface area contributed by atoms with Gasteiger partial charge in [0.15, 0.2) is 0 Å². The van der Waals surface area contributed by atoms with Crippen molar-refractivity contribution in [1.82, 2.24) is 4.90 Å². The number of hydrogen-bond donors (Lipinski definition) is 0. The van der Waals surface area contributed by atoms with Crippen LogP contribution in [0.25, 0.3) is 0 Å². The highest BCUT2D eigenvalue weighted by atomic mass is 16.5. The second-order valence-electron chi connectivity index (χ2n) is 7.59. The predicted octanol–water partition coefficient (Wildman–Crippen LogP) is 3.19. The number of amides is 1. The number of esters is 2. The van der Waals surface area contributed by atoms with Crippen molar-refractivity contribution in [2.75, 3.05) is 13.7 Å². The van der Waals surface area contributed by atoms with Crippen molar-refractivity contribution < 1.29 is 23.9 Å². The highest BCUT2D eigenvalue weighted by Crippen LogP contribution is 2.47. The number of carbonyl (C=O) groups excluding carboxylic acids is 3. The van der Waals surface area contributed by atoms with Gasteiger partial charge in [-0.05, 0) is 24.0 Å². The second kappa shape index (κ2) is 8.14. The summed E-state index contributed by atoms with van der Waals surface area (Å²) in [5.74, 6) is -1.16. The quantitative estimate of drug-likeness (QED) is 0.731. The molecule has 1 saturated heterocycles. The van der Waals surface area contributed by atoms with Crippen molar-refractivity contribution in [3.8, 4) is 0 Å². The number of fused-ring (bicyclic) bond motifs is 1. The molecule has 6 heteroatoms. The Morgan fingerprint density at radius 3 is 2.43 bits per heavy atom. The van der Waals surface area contributed by atoms with Crippen molar-refractivity contribution in [2.45, 2.75) is 25.3 Å². The second-order valence-corrected chi connectivity index (χ2v) is 7.59. The number of cyclic esters (lactones) is 1. The number of rotatable bonds is 4. The lowest BCUT2D eigenvalue weighted by molar-refractivity contribution is -0.156. The third-order valence-corrected chi connectivity index (χ3v) is 5.84. The van der Waals surface area contributed by atoms with Crippen molar-refractivity contribution in [2.24, 2.45) is 5.41 Å². The Morgan fingerprint density at radius 2 is 1.77 bits per heavy atom. The van der Waals surface area contributed by atoms with Gasteiger partial charge in [0.1, 0.15) is 12.0 Å². The summed E-state index contributed by atoms with van der Waals surface area (Å²) in [5, 5.41) is 0. The van der Waals surface area contributed by atoms with Gasteiger partial charge in [-0.25, -0.2) is 4.79 Å². The monoisotopic (exact) mass is 405 g/mol. The van der Waals surface area contributed by atoms with Crippen LogP contribution in [0.15, 0.2) is 72.4 Å². The van der Waals surface area contributed by atoms with Crippen molar-refractivity contribution in [3.05, 3.63) is 83.6 Å². The van der Waals surface area contributed by atoms with E-state index in [9.17, 15) is 14.4 Å². The molecular formula is C24H23NO5. The first-order chi connectivity index (χ1) is 14.5. The van der Waals surface area contributed by atoms with Crippen LogP contribution >= 0.6 is 0 Å². The maximum Gasteiger partial charge on any atom is 0.332 e. The zero-order chi connectivity index (χ0) is 21.1. The molecule has 154 valence electrons. The van der Waals surface area contributed by atoms with Gasteiger partial charge >= 0.3 is 11.9 Å². The van der Waals surface area contributed by atoms with E-state index in [0.717, 1.165) is 11.1 Å². The van der Waals surface area contributed by atoms with Crippen molar-refractivity contribution >= 4 is 17.8 Å². The van der Waals surface area contributed by atoms with E-state index in [0.29, 0.717) is 12.1 Å². The smallest absolute Gasteiger partial charge is 0.332 e. The van der Waals surface area contributed by atoms with Crippen LogP contribution in [0.2, 0.25) is 0 Å². The van der Waals surface area contributed by atoms with Gasteiger partial charge in [0.25, 0.3) is 0 Å². The summed E-state index contributed by atoms with van der Waals surface area (Å²) >= 11 is 0. The van der Waals surface area contributed by atoms with Gasteiger partial charge in [0, 0.05) is 18.2 Å². The van der Waals surface area contributed by atoms with Gasteiger partial charge in [0.2, 0.25) is 5.91 Å². The first-order valence-electron chi connectivity index (χ1n) is 9.93. The first-order valence-corrected chi connectivity index (χ1v) is 9.93. The van der Waals surface area contributed by atoms with Gasteiger partial charge in [-0.3, -0.25) is 9.59 Å². The number of benzene rings is 2. The third-order valence-electron chi connectivity index (χ3n) is 5.84. The molecule has 2 aromatic carbocycles. The summed E-state index contributed by atoms with van der Waals surface area (Å²) in [7, 11) is 1.33. The van der Waals surface area contributed by atoms with Crippen LogP contribution in [0, 0.1) is 5.41 Å². The van der Waals surface area contributed by atoms with Gasteiger partial charge in [-0.15, -0.1) is 0 Å². The summed E-state index contributed by atoms with van der Waals surface area (Å²) in [6.07, 6.45) is 2.06. The minimum atomic E-state index is -1.15. The van der Waals surface area contributed by atoms with Gasteiger partial charge < -0.3 is 14.4 Å². The third kappa shape index (κ3) is 3.49. The molecule has 4 rings (SSSR count). The van der Waals surface area contributed by atoms with Crippen LogP contribution in [-0.4, -0.2) is 36.5 Å². The maximum atomic E-state index is 13.2. The number of hydrogen-bond acceptors (Lipinski definition) is 5. The molecule has 0 aromatic heterocycles. The van der Waals surface area contributed by atoms with Gasteiger partial charge in [0.05, 0.1) is 13.2 Å². The van der Waals surface area contributed by atoms with Crippen molar-refractivity contribution in [1.29, 1.82) is 0 Å². The molecule has 2 atom stereocenters. The number of nitrogens with zero attached hydrogens (tertiary/aromatic N) is 1. The van der Waals surface area contributed by atoms with E-state index in [1.165, 1.54) is 13.2 Å². The van der Waals surface area contributed by atoms with Crippen LogP contribution in [0.4, 0.5) is 0 Å². The molecule has 0 saturated carbocycles. The lowest BCUT2D eigenvalue weighted by Crippen LogP contribution is -2.51. The molecule has 0 bridgehead atoms. The molecule has 1 amide bonds. The Labute approximate surface area is 175 Å². The van der Waals surface area contributed by atoms with Crippen LogP contribution in [0.1, 0.15) is 30.0 Å². The minimum absolute atomic E-state index is 0.0250. The summed E-state index contributed by atoms with van der Waals surface area (Å²) in [4.78, 5) is 40.3. The fraction of sp³-hybridized carbons (Fsp3) is 0.292. The van der Waals surface area contributed by atoms with E-state index >= 15 is 0 Å². The molecule has 2 aromatic rings. The molecule has 2 aliphatic heterocycles. The maximum absolute atomic E-state index is 13.2. The van der Waals surface area contributed by atoms with E-state index in [1.54, 1.807) is 4.90 Å². The van der Waals surface area contributed by atoms with Crippen LogP contribution in [0.5, 0.6) is 0 Å². The topological polar surface area (TPSA) is 72.9 Å². The number of piperidine rings is 1. The Hall–Kier alpha value is -3.41. The summed E-state index contributed by atoms with van der Waals surface area (Å²) < 4.78 is 10.6. The Bertz CT molecular complexity index is 985. The largest absolute Gasteiger partial charge is 0.468 e. The van der Waals surface area contributed by atoms with E-state index < -0.39 is 23.4 Å². The number of carbonyl (C=O) groups is 3. The predicted molar refractivity (Wildman–Crippen MR) is 109 cm³/mol. The fourth-order valence-electron chi connectivity index (χ4n) is 4.39. The molecule has 0 aliphatic carbocycles. The molecule has 1 fully saturated rings. The lowest BCUT2D eigenvalue weighted by atomic mass is 9.71. The average Bonchev–Trinajstić information content (AvgIpc) is 2.96. The number of ether oxygens (including phenoxy) is 2. The SMILES string of the molecule is COC(=O)[C@]1(Cc2ccccc2)CCC(=O)N2C1=CC(=O)OC[C@H]2c1ccccc1. The van der Waals surface area contributed by atoms with Crippen LogP contribution in [0.3, 0.4) is 0 Å². The molecule has 2 aliphatic rings. The highest BCUT2D eigenvalue weighted by Gasteiger charge is 2.53. The normalized spacial score (nSPS) is 23.7. The Balaban J connectivity index is 1.86. The zero-order valence-corrected chi connectivity index (χ0v) is 16.7. The van der Waals surface area contributed by atoms with Crippen molar-refractivity contribution in [3.63, 3.8) is 0 Å². The molecule has 0 unspecified atom stereocenters. The fourth-order valence-corrected chi connectivity index (χ4v) is 4.39. The zero-order valence-electron chi connectivity index (χ0n) is 16.7. The van der Waals surface area contributed by atoms with E-state index in [1.807, 2.05) is 60.7 Å². The van der Waals surface area contributed by atoms with E-state index in [-0.39, 0.29) is 25.4 Å². The molecular weight excluding hydrogens is 382 g/mol. The molecule has 0 N–H and O–H groups in total. The Morgan fingerprint density at radius 1 is 1.10 bits per heavy atom. The molecule has 0 spiro atoms. The number of methoxy groups -OCH3 is 1.